The van der Waals surface area contributed by atoms with Gasteiger partial charge >= 0.3 is 0 Å². The van der Waals surface area contributed by atoms with E-state index >= 15 is 0 Å². The summed E-state index contributed by atoms with van der Waals surface area (Å²) in [6, 6.07) is 0. The second kappa shape index (κ2) is 3.63. The molecular formula is C11H20Si. The molecule has 1 aliphatic heterocycles. The second-order valence-electron chi connectivity index (χ2n) is 4.63. The SMILES string of the molecule is C=C=CC1CCCC(C)[Si]1(C)C. The molecule has 68 valence electrons. The zero-order valence-electron chi connectivity index (χ0n) is 8.56. The van der Waals surface area contributed by atoms with Gasteiger partial charge in [0.25, 0.3) is 0 Å². The molecule has 1 fully saturated rings. The van der Waals surface area contributed by atoms with E-state index in [1.165, 1.54) is 19.3 Å². The molecule has 0 bridgehead atoms. The molecule has 0 aromatic heterocycles. The van der Waals surface area contributed by atoms with Crippen LogP contribution in [0.25, 0.3) is 0 Å². The van der Waals surface area contributed by atoms with E-state index in [0.29, 0.717) is 0 Å². The summed E-state index contributed by atoms with van der Waals surface area (Å²) in [4.78, 5) is 0. The van der Waals surface area contributed by atoms with Crippen molar-refractivity contribution in [1.29, 1.82) is 0 Å². The molecule has 0 spiro atoms. The summed E-state index contributed by atoms with van der Waals surface area (Å²) in [5.41, 5.74) is 4.78. The molecule has 0 radical (unpaired) electrons. The number of rotatable bonds is 1. The Morgan fingerprint density at radius 1 is 1.42 bits per heavy atom. The molecule has 1 rings (SSSR count). The molecule has 0 aromatic rings. The van der Waals surface area contributed by atoms with Crippen LogP contribution in [0.5, 0.6) is 0 Å². The first-order chi connectivity index (χ1) is 5.59. The molecule has 1 saturated heterocycles. The van der Waals surface area contributed by atoms with Crippen molar-refractivity contribution >= 4 is 8.07 Å². The molecule has 0 aromatic carbocycles. The molecule has 1 heteroatoms. The van der Waals surface area contributed by atoms with Crippen LogP contribution in [0.1, 0.15) is 26.2 Å². The first kappa shape index (κ1) is 9.82. The van der Waals surface area contributed by atoms with Crippen molar-refractivity contribution in [1.82, 2.24) is 0 Å². The van der Waals surface area contributed by atoms with Crippen LogP contribution in [0, 0.1) is 0 Å². The monoisotopic (exact) mass is 180 g/mol. The third kappa shape index (κ3) is 1.73. The fourth-order valence-corrected chi connectivity index (χ4v) is 5.37. The Balaban J connectivity index is 2.78. The van der Waals surface area contributed by atoms with Crippen LogP contribution in [0.3, 0.4) is 0 Å². The van der Waals surface area contributed by atoms with Crippen molar-refractivity contribution < 1.29 is 0 Å². The predicted molar refractivity (Wildman–Crippen MR) is 58.2 cm³/mol. The van der Waals surface area contributed by atoms with E-state index < -0.39 is 8.07 Å². The number of hydrogen-bond acceptors (Lipinski definition) is 0. The predicted octanol–water partition coefficient (Wildman–Crippen LogP) is 3.98. The Morgan fingerprint density at radius 3 is 2.67 bits per heavy atom. The first-order valence-electron chi connectivity index (χ1n) is 4.95. The van der Waals surface area contributed by atoms with Crippen LogP contribution in [-0.4, -0.2) is 8.07 Å². The molecular weight excluding hydrogens is 160 g/mol. The van der Waals surface area contributed by atoms with Gasteiger partial charge in [0.2, 0.25) is 0 Å². The Kier molecular flexibility index (Phi) is 2.97. The maximum absolute atomic E-state index is 3.69. The van der Waals surface area contributed by atoms with Crippen molar-refractivity contribution in [2.75, 3.05) is 0 Å². The van der Waals surface area contributed by atoms with E-state index in [9.17, 15) is 0 Å². The molecule has 12 heavy (non-hydrogen) atoms. The van der Waals surface area contributed by atoms with E-state index in [2.05, 4.69) is 38.4 Å². The van der Waals surface area contributed by atoms with Gasteiger partial charge in [0.1, 0.15) is 0 Å². The maximum Gasteiger partial charge on any atom is 0.0580 e. The van der Waals surface area contributed by atoms with E-state index in [4.69, 9.17) is 0 Å². The minimum Gasteiger partial charge on any atom is -0.133 e. The second-order valence-corrected chi connectivity index (χ2v) is 10.0. The molecule has 0 N–H and O–H groups in total. The lowest BCUT2D eigenvalue weighted by Gasteiger charge is -2.40. The van der Waals surface area contributed by atoms with E-state index in [1.807, 2.05) is 0 Å². The van der Waals surface area contributed by atoms with Crippen LogP contribution < -0.4 is 0 Å². The van der Waals surface area contributed by atoms with E-state index in [0.717, 1.165) is 11.1 Å². The molecule has 1 aliphatic rings. The first-order valence-corrected chi connectivity index (χ1v) is 8.10. The average molecular weight is 180 g/mol. The van der Waals surface area contributed by atoms with Gasteiger partial charge in [0, 0.05) is 0 Å². The van der Waals surface area contributed by atoms with Gasteiger partial charge in [-0.1, -0.05) is 39.4 Å². The van der Waals surface area contributed by atoms with Crippen molar-refractivity contribution in [3.05, 3.63) is 18.4 Å². The van der Waals surface area contributed by atoms with Gasteiger partial charge in [-0.05, 0) is 23.6 Å². The zero-order chi connectivity index (χ0) is 9.19. The highest BCUT2D eigenvalue weighted by Crippen LogP contribution is 2.44. The van der Waals surface area contributed by atoms with E-state index in [1.54, 1.807) is 0 Å². The lowest BCUT2D eigenvalue weighted by molar-refractivity contribution is 0.599. The Morgan fingerprint density at radius 2 is 2.08 bits per heavy atom. The number of hydrogen-bond donors (Lipinski definition) is 0. The largest absolute Gasteiger partial charge is 0.133 e. The molecule has 0 nitrogen and oxygen atoms in total. The van der Waals surface area contributed by atoms with Gasteiger partial charge in [0.15, 0.2) is 0 Å². The van der Waals surface area contributed by atoms with Crippen molar-refractivity contribution in [3.63, 3.8) is 0 Å². The normalized spacial score (nSPS) is 33.9. The highest BCUT2D eigenvalue weighted by molar-refractivity contribution is 6.80. The summed E-state index contributed by atoms with van der Waals surface area (Å²) in [7, 11) is -1.00. The van der Waals surface area contributed by atoms with Gasteiger partial charge < -0.3 is 0 Å². The average Bonchev–Trinajstić information content (AvgIpc) is 2.00. The van der Waals surface area contributed by atoms with Gasteiger partial charge in [-0.15, -0.1) is 5.73 Å². The van der Waals surface area contributed by atoms with Gasteiger partial charge in [0.05, 0.1) is 8.07 Å². The van der Waals surface area contributed by atoms with Crippen LogP contribution in [-0.2, 0) is 0 Å². The Hall–Kier alpha value is -0.263. The van der Waals surface area contributed by atoms with E-state index in [-0.39, 0.29) is 0 Å². The van der Waals surface area contributed by atoms with Gasteiger partial charge in [-0.25, -0.2) is 0 Å². The minimum atomic E-state index is -1.00. The molecule has 0 amide bonds. The Labute approximate surface area is 77.4 Å². The molecule has 2 unspecified atom stereocenters. The van der Waals surface area contributed by atoms with Gasteiger partial charge in [-0.2, -0.15) is 0 Å². The summed E-state index contributed by atoms with van der Waals surface area (Å²) in [6.45, 7) is 11.1. The standard InChI is InChI=1S/C11H20Si/c1-5-7-11-9-6-8-10(2)12(11,3)4/h7,10-11H,1,6,8-9H2,2-4H3. The topological polar surface area (TPSA) is 0 Å². The van der Waals surface area contributed by atoms with Crippen LogP contribution >= 0.6 is 0 Å². The summed E-state index contributed by atoms with van der Waals surface area (Å²) >= 11 is 0. The Bertz CT molecular complexity index is 199. The molecule has 0 aliphatic carbocycles. The smallest absolute Gasteiger partial charge is 0.0580 e. The fraction of sp³-hybridized carbons (Fsp3) is 0.727. The quantitative estimate of drug-likeness (QED) is 0.423. The lowest BCUT2D eigenvalue weighted by Crippen LogP contribution is -2.39. The zero-order valence-corrected chi connectivity index (χ0v) is 9.56. The van der Waals surface area contributed by atoms with Crippen molar-refractivity contribution in [2.45, 2.75) is 50.4 Å². The summed E-state index contributed by atoms with van der Waals surface area (Å²) in [6.07, 6.45) is 6.45. The summed E-state index contributed by atoms with van der Waals surface area (Å²) < 4.78 is 0. The lowest BCUT2D eigenvalue weighted by atomic mass is 10.1. The number of allylic oxidation sites excluding steroid dienone is 1. The molecule has 2 atom stereocenters. The van der Waals surface area contributed by atoms with Crippen molar-refractivity contribution in [3.8, 4) is 0 Å². The molecule has 1 heterocycles. The van der Waals surface area contributed by atoms with Crippen LogP contribution in [0.4, 0.5) is 0 Å². The highest BCUT2D eigenvalue weighted by Gasteiger charge is 2.37. The van der Waals surface area contributed by atoms with Crippen molar-refractivity contribution in [2.24, 2.45) is 0 Å². The van der Waals surface area contributed by atoms with Crippen LogP contribution in [0.2, 0.25) is 24.2 Å². The van der Waals surface area contributed by atoms with Gasteiger partial charge in [-0.3, -0.25) is 0 Å². The molecule has 0 saturated carbocycles. The fourth-order valence-electron chi connectivity index (χ4n) is 2.19. The summed E-state index contributed by atoms with van der Waals surface area (Å²) in [5.74, 6) is 0. The minimum absolute atomic E-state index is 0.832. The maximum atomic E-state index is 3.69. The summed E-state index contributed by atoms with van der Waals surface area (Å²) in [5, 5.41) is 0. The third-order valence-corrected chi connectivity index (χ3v) is 8.89. The highest BCUT2D eigenvalue weighted by atomic mass is 28.3. The van der Waals surface area contributed by atoms with Crippen LogP contribution in [0.15, 0.2) is 18.4 Å². The third-order valence-electron chi connectivity index (χ3n) is 3.70.